The number of nitrogens with one attached hydrogen (secondary N) is 2. The number of hydrogen-bond acceptors (Lipinski definition) is 4. The van der Waals surface area contributed by atoms with Gasteiger partial charge < -0.3 is 10.6 Å². The predicted octanol–water partition coefficient (Wildman–Crippen LogP) is 3.78. The molecule has 2 rings (SSSR count). The van der Waals surface area contributed by atoms with Gasteiger partial charge in [-0.15, -0.1) is 0 Å². The molecule has 0 aliphatic heterocycles. The second kappa shape index (κ2) is 8.01. The maximum Gasteiger partial charge on any atom is 0.293 e. The number of hydrogen-bond donors (Lipinski definition) is 2. The van der Waals surface area contributed by atoms with Crippen LogP contribution in [-0.2, 0) is 4.79 Å². The van der Waals surface area contributed by atoms with E-state index in [9.17, 15) is 23.7 Å². The maximum absolute atomic E-state index is 13.3. The SMILES string of the molecule is Cc1ccc([N+](=O)[O-])c(NC(=O)CN[C@H](C)c2ccc(F)c(F)c2)c1C. The van der Waals surface area contributed by atoms with Gasteiger partial charge >= 0.3 is 0 Å². The fourth-order valence-corrected chi connectivity index (χ4v) is 2.44. The molecule has 0 bridgehead atoms. The van der Waals surface area contributed by atoms with E-state index in [0.717, 1.165) is 17.7 Å². The third-order valence-electron chi connectivity index (χ3n) is 4.19. The first kappa shape index (κ1) is 19.5. The van der Waals surface area contributed by atoms with Crippen LogP contribution >= 0.6 is 0 Å². The van der Waals surface area contributed by atoms with Gasteiger partial charge in [-0.05, 0) is 49.6 Å². The van der Waals surface area contributed by atoms with Crippen molar-refractivity contribution in [1.29, 1.82) is 0 Å². The summed E-state index contributed by atoms with van der Waals surface area (Å²) in [4.78, 5) is 22.8. The minimum atomic E-state index is -0.966. The summed E-state index contributed by atoms with van der Waals surface area (Å²) in [5.74, 6) is -2.39. The highest BCUT2D eigenvalue weighted by Crippen LogP contribution is 2.30. The molecule has 0 heterocycles. The number of carbonyl (C=O) groups excluding carboxylic acids is 1. The Hall–Kier alpha value is -2.87. The molecule has 0 unspecified atom stereocenters. The predicted molar refractivity (Wildman–Crippen MR) is 94.0 cm³/mol. The van der Waals surface area contributed by atoms with Gasteiger partial charge in [-0.2, -0.15) is 0 Å². The first-order chi connectivity index (χ1) is 12.2. The number of nitro groups is 1. The molecule has 2 aromatic rings. The van der Waals surface area contributed by atoms with Crippen molar-refractivity contribution in [1.82, 2.24) is 5.32 Å². The normalized spacial score (nSPS) is 11.9. The zero-order valence-corrected chi connectivity index (χ0v) is 14.6. The standard InChI is InChI=1S/C18H19F2N3O3/c1-10-4-7-16(23(25)26)18(11(10)2)22-17(24)9-21-12(3)13-5-6-14(19)15(20)8-13/h4-8,12,21H,9H2,1-3H3,(H,22,24)/t12-/m1/s1. The van der Waals surface area contributed by atoms with Crippen molar-refractivity contribution >= 4 is 17.3 Å². The molecular formula is C18H19F2N3O3. The monoisotopic (exact) mass is 363 g/mol. The van der Waals surface area contributed by atoms with Crippen LogP contribution in [0.5, 0.6) is 0 Å². The molecule has 0 aromatic heterocycles. The summed E-state index contributed by atoms with van der Waals surface area (Å²) in [6.07, 6.45) is 0. The minimum Gasteiger partial charge on any atom is -0.319 e. The van der Waals surface area contributed by atoms with Crippen molar-refractivity contribution < 1.29 is 18.5 Å². The summed E-state index contributed by atoms with van der Waals surface area (Å²) >= 11 is 0. The van der Waals surface area contributed by atoms with Crippen molar-refractivity contribution in [2.24, 2.45) is 0 Å². The van der Waals surface area contributed by atoms with Crippen LogP contribution in [0.25, 0.3) is 0 Å². The number of nitro benzene ring substituents is 1. The second-order valence-corrected chi connectivity index (χ2v) is 5.98. The largest absolute Gasteiger partial charge is 0.319 e. The third-order valence-corrected chi connectivity index (χ3v) is 4.19. The molecule has 0 fully saturated rings. The van der Waals surface area contributed by atoms with Gasteiger partial charge in [-0.3, -0.25) is 14.9 Å². The first-order valence-electron chi connectivity index (χ1n) is 7.93. The van der Waals surface area contributed by atoms with Gasteiger partial charge in [0.05, 0.1) is 11.5 Å². The number of aryl methyl sites for hydroxylation is 1. The van der Waals surface area contributed by atoms with Gasteiger partial charge in [-0.1, -0.05) is 12.1 Å². The lowest BCUT2D eigenvalue weighted by Crippen LogP contribution is -2.30. The molecule has 0 saturated heterocycles. The highest BCUT2D eigenvalue weighted by molar-refractivity contribution is 5.95. The minimum absolute atomic E-state index is 0.148. The molecule has 138 valence electrons. The van der Waals surface area contributed by atoms with E-state index in [1.807, 2.05) is 0 Å². The summed E-state index contributed by atoms with van der Waals surface area (Å²) in [5, 5.41) is 16.6. The van der Waals surface area contributed by atoms with Gasteiger partial charge in [-0.25, -0.2) is 8.78 Å². The molecule has 0 saturated carbocycles. The van der Waals surface area contributed by atoms with Crippen LogP contribution in [0.2, 0.25) is 0 Å². The number of anilines is 1. The zero-order valence-electron chi connectivity index (χ0n) is 14.6. The molecule has 0 aliphatic rings. The molecule has 6 nitrogen and oxygen atoms in total. The van der Waals surface area contributed by atoms with E-state index in [2.05, 4.69) is 10.6 Å². The van der Waals surface area contributed by atoms with E-state index < -0.39 is 28.5 Å². The summed E-state index contributed by atoms with van der Waals surface area (Å²) in [5.41, 5.74) is 1.88. The van der Waals surface area contributed by atoms with E-state index in [-0.39, 0.29) is 17.9 Å². The molecule has 2 aromatic carbocycles. The lowest BCUT2D eigenvalue weighted by atomic mass is 10.1. The molecule has 1 atom stereocenters. The molecule has 0 radical (unpaired) electrons. The van der Waals surface area contributed by atoms with Gasteiger partial charge in [0.2, 0.25) is 5.91 Å². The lowest BCUT2D eigenvalue weighted by Gasteiger charge is -2.15. The molecule has 8 heteroatoms. The molecule has 1 amide bonds. The highest BCUT2D eigenvalue weighted by Gasteiger charge is 2.19. The van der Waals surface area contributed by atoms with Gasteiger partial charge in [0.1, 0.15) is 5.69 Å². The Bertz CT molecular complexity index is 856. The van der Waals surface area contributed by atoms with Crippen LogP contribution in [0.15, 0.2) is 30.3 Å². The summed E-state index contributed by atoms with van der Waals surface area (Å²) in [7, 11) is 0. The Labute approximate surface area is 149 Å². The van der Waals surface area contributed by atoms with E-state index in [4.69, 9.17) is 0 Å². The summed E-state index contributed by atoms with van der Waals surface area (Å²) in [6, 6.07) is 6.04. The van der Waals surface area contributed by atoms with Crippen molar-refractivity contribution in [3.05, 3.63) is 68.8 Å². The molecule has 0 aliphatic carbocycles. The van der Waals surface area contributed by atoms with E-state index in [0.29, 0.717) is 11.1 Å². The number of amides is 1. The fourth-order valence-electron chi connectivity index (χ4n) is 2.44. The van der Waals surface area contributed by atoms with Crippen LogP contribution in [0.1, 0.15) is 29.7 Å². The highest BCUT2D eigenvalue weighted by atomic mass is 19.2. The Morgan fingerprint density at radius 1 is 1.19 bits per heavy atom. The van der Waals surface area contributed by atoms with Gasteiger partial charge in [0, 0.05) is 12.1 Å². The fraction of sp³-hybridized carbons (Fsp3) is 0.278. The molecular weight excluding hydrogens is 344 g/mol. The number of carbonyl (C=O) groups is 1. The first-order valence-corrected chi connectivity index (χ1v) is 7.93. The number of nitrogens with zero attached hydrogens (tertiary/aromatic N) is 1. The smallest absolute Gasteiger partial charge is 0.293 e. The Morgan fingerprint density at radius 2 is 1.88 bits per heavy atom. The van der Waals surface area contributed by atoms with E-state index in [1.165, 1.54) is 12.1 Å². The van der Waals surface area contributed by atoms with Crippen LogP contribution in [0.3, 0.4) is 0 Å². The van der Waals surface area contributed by atoms with E-state index >= 15 is 0 Å². The zero-order chi connectivity index (χ0) is 19.4. The van der Waals surface area contributed by atoms with Gasteiger partial charge in [0.25, 0.3) is 5.69 Å². The Kier molecular flexibility index (Phi) is 5.99. The number of benzene rings is 2. The average Bonchev–Trinajstić information content (AvgIpc) is 2.59. The molecule has 26 heavy (non-hydrogen) atoms. The quantitative estimate of drug-likeness (QED) is 0.604. The molecule has 2 N–H and O–H groups in total. The third kappa shape index (κ3) is 4.40. The van der Waals surface area contributed by atoms with Gasteiger partial charge in [0.15, 0.2) is 11.6 Å². The maximum atomic E-state index is 13.3. The number of halogens is 2. The Balaban J connectivity index is 2.06. The van der Waals surface area contributed by atoms with Crippen LogP contribution in [0.4, 0.5) is 20.2 Å². The molecule has 0 spiro atoms. The topological polar surface area (TPSA) is 84.3 Å². The number of rotatable bonds is 6. The second-order valence-electron chi connectivity index (χ2n) is 5.98. The van der Waals surface area contributed by atoms with Crippen LogP contribution < -0.4 is 10.6 Å². The van der Waals surface area contributed by atoms with Crippen LogP contribution in [-0.4, -0.2) is 17.4 Å². The van der Waals surface area contributed by atoms with Crippen molar-refractivity contribution in [2.75, 3.05) is 11.9 Å². The van der Waals surface area contributed by atoms with Crippen molar-refractivity contribution in [3.63, 3.8) is 0 Å². The van der Waals surface area contributed by atoms with Crippen molar-refractivity contribution in [3.8, 4) is 0 Å². The van der Waals surface area contributed by atoms with E-state index in [1.54, 1.807) is 26.8 Å². The average molecular weight is 363 g/mol. The van der Waals surface area contributed by atoms with Crippen molar-refractivity contribution in [2.45, 2.75) is 26.8 Å². The summed E-state index contributed by atoms with van der Waals surface area (Å²) in [6.45, 7) is 5.03. The summed E-state index contributed by atoms with van der Waals surface area (Å²) < 4.78 is 26.3. The van der Waals surface area contributed by atoms with Crippen LogP contribution in [0, 0.1) is 35.6 Å². The Morgan fingerprint density at radius 3 is 2.50 bits per heavy atom. The lowest BCUT2D eigenvalue weighted by molar-refractivity contribution is -0.384.